The van der Waals surface area contributed by atoms with Crippen LogP contribution in [0.3, 0.4) is 0 Å². The zero-order valence-corrected chi connectivity index (χ0v) is 9.92. The number of esters is 1. The number of carbonyl (C=O) groups excluding carboxylic acids is 1. The Bertz CT molecular complexity index is 530. The van der Waals surface area contributed by atoms with Gasteiger partial charge in [0, 0.05) is 11.1 Å². The number of hydrogen-bond donors (Lipinski definition) is 0. The maximum Gasteiger partial charge on any atom is 0.343 e. The number of methoxy groups -OCH3 is 1. The van der Waals surface area contributed by atoms with Gasteiger partial charge in [-0.05, 0) is 13.8 Å². The first-order valence-corrected chi connectivity index (χ1v) is 5.48. The highest BCUT2D eigenvalue weighted by Gasteiger charge is 2.23. The average Bonchev–Trinajstić information content (AvgIpc) is 2.83. The molecule has 2 aromatic rings. The minimum atomic E-state index is -0.457. The molecule has 0 fully saturated rings. The summed E-state index contributed by atoms with van der Waals surface area (Å²) in [5, 5.41) is 6.39. The third kappa shape index (κ3) is 1.71. The van der Waals surface area contributed by atoms with Crippen LogP contribution in [0.4, 0.5) is 0 Å². The summed E-state index contributed by atoms with van der Waals surface area (Å²) in [5.74, 6) is -0.0173. The minimum Gasteiger partial charge on any atom is -0.465 e. The molecular formula is C10H10N2O3S. The summed E-state index contributed by atoms with van der Waals surface area (Å²) in [4.78, 5) is 15.8. The van der Waals surface area contributed by atoms with Crippen molar-refractivity contribution in [2.45, 2.75) is 13.8 Å². The summed E-state index contributed by atoms with van der Waals surface area (Å²) < 4.78 is 9.68. The van der Waals surface area contributed by atoms with Gasteiger partial charge in [-0.3, -0.25) is 0 Å². The molecule has 5 nitrogen and oxygen atoms in total. The summed E-state index contributed by atoms with van der Waals surface area (Å²) in [5.41, 5.74) is 1.68. The molecule has 0 aliphatic carbocycles. The zero-order chi connectivity index (χ0) is 11.7. The monoisotopic (exact) mass is 238 g/mol. The van der Waals surface area contributed by atoms with Gasteiger partial charge in [0.2, 0.25) is 0 Å². The van der Waals surface area contributed by atoms with E-state index in [1.54, 1.807) is 6.92 Å². The van der Waals surface area contributed by atoms with Crippen molar-refractivity contribution in [1.29, 1.82) is 0 Å². The van der Waals surface area contributed by atoms with Crippen molar-refractivity contribution in [3.63, 3.8) is 0 Å². The largest absolute Gasteiger partial charge is 0.465 e. The van der Waals surface area contributed by atoms with E-state index in [0.29, 0.717) is 22.0 Å². The molecular weight excluding hydrogens is 228 g/mol. The maximum absolute atomic E-state index is 11.6. The van der Waals surface area contributed by atoms with E-state index >= 15 is 0 Å². The fraction of sp³-hybridized carbons (Fsp3) is 0.300. The van der Waals surface area contributed by atoms with Gasteiger partial charge in [-0.1, -0.05) is 5.16 Å². The van der Waals surface area contributed by atoms with Gasteiger partial charge in [0.25, 0.3) is 0 Å². The van der Waals surface area contributed by atoms with E-state index in [1.807, 2.05) is 12.3 Å². The number of rotatable bonds is 2. The lowest BCUT2D eigenvalue weighted by Gasteiger charge is -1.97. The van der Waals surface area contributed by atoms with Gasteiger partial charge in [0.1, 0.15) is 16.3 Å². The van der Waals surface area contributed by atoms with Gasteiger partial charge in [-0.2, -0.15) is 0 Å². The topological polar surface area (TPSA) is 65.2 Å². The number of carbonyl (C=O) groups is 1. The molecule has 0 N–H and O–H groups in total. The number of thiazole rings is 1. The fourth-order valence-electron chi connectivity index (χ4n) is 1.32. The van der Waals surface area contributed by atoms with Crippen molar-refractivity contribution in [3.05, 3.63) is 22.4 Å². The molecule has 0 bridgehead atoms. The molecule has 0 aliphatic heterocycles. The number of ether oxygens (including phenoxy) is 1. The molecule has 0 saturated carbocycles. The lowest BCUT2D eigenvalue weighted by molar-refractivity contribution is 0.0599. The molecule has 2 aromatic heterocycles. The van der Waals surface area contributed by atoms with E-state index in [9.17, 15) is 4.79 Å². The second-order valence-electron chi connectivity index (χ2n) is 3.25. The highest BCUT2D eigenvalue weighted by Crippen LogP contribution is 2.28. The Labute approximate surface area is 96.0 Å². The maximum atomic E-state index is 11.6. The third-order valence-corrected chi connectivity index (χ3v) is 3.04. The predicted octanol–water partition coefficient (Wildman–Crippen LogP) is 2.20. The van der Waals surface area contributed by atoms with Crippen LogP contribution in [-0.4, -0.2) is 23.2 Å². The summed E-state index contributed by atoms with van der Waals surface area (Å²) in [6, 6.07) is 0. The van der Waals surface area contributed by atoms with E-state index in [4.69, 9.17) is 4.52 Å². The standard InChI is InChI=1S/C10H10N2O3S/c1-5-4-16-9(11-5)8-7(10(13)14-3)6(2)15-12-8/h4H,1-3H3. The van der Waals surface area contributed by atoms with Crippen LogP contribution in [0, 0.1) is 13.8 Å². The molecule has 2 rings (SSSR count). The SMILES string of the molecule is COC(=O)c1c(-c2nc(C)cs2)noc1C. The summed E-state index contributed by atoms with van der Waals surface area (Å²) in [6.45, 7) is 3.55. The lowest BCUT2D eigenvalue weighted by Crippen LogP contribution is -2.03. The molecule has 0 atom stereocenters. The normalized spacial score (nSPS) is 10.4. The molecule has 0 aromatic carbocycles. The number of nitrogens with zero attached hydrogens (tertiary/aromatic N) is 2. The van der Waals surface area contributed by atoms with E-state index in [1.165, 1.54) is 18.4 Å². The smallest absolute Gasteiger partial charge is 0.343 e. The molecule has 0 saturated heterocycles. The summed E-state index contributed by atoms with van der Waals surface area (Å²) >= 11 is 1.42. The van der Waals surface area contributed by atoms with Crippen molar-refractivity contribution < 1.29 is 14.1 Å². The van der Waals surface area contributed by atoms with Crippen LogP contribution in [0.25, 0.3) is 10.7 Å². The van der Waals surface area contributed by atoms with Crippen LogP contribution in [0.2, 0.25) is 0 Å². The number of aromatic nitrogens is 2. The lowest BCUT2D eigenvalue weighted by atomic mass is 10.2. The number of aryl methyl sites for hydroxylation is 2. The quantitative estimate of drug-likeness (QED) is 0.750. The Morgan fingerprint density at radius 2 is 2.25 bits per heavy atom. The third-order valence-electron chi connectivity index (χ3n) is 2.07. The molecule has 0 radical (unpaired) electrons. The van der Waals surface area contributed by atoms with Crippen molar-refractivity contribution in [2.24, 2.45) is 0 Å². The molecule has 84 valence electrons. The van der Waals surface area contributed by atoms with Crippen LogP contribution in [0.15, 0.2) is 9.90 Å². The second kappa shape index (κ2) is 4.05. The van der Waals surface area contributed by atoms with Gasteiger partial charge < -0.3 is 9.26 Å². The van der Waals surface area contributed by atoms with Gasteiger partial charge >= 0.3 is 5.97 Å². The van der Waals surface area contributed by atoms with Crippen molar-refractivity contribution in [1.82, 2.24) is 10.1 Å². The highest BCUT2D eigenvalue weighted by molar-refractivity contribution is 7.13. The van der Waals surface area contributed by atoms with Gasteiger partial charge in [-0.15, -0.1) is 11.3 Å². The van der Waals surface area contributed by atoms with Crippen LogP contribution >= 0.6 is 11.3 Å². The Hall–Kier alpha value is -1.69. The summed E-state index contributed by atoms with van der Waals surface area (Å²) in [6.07, 6.45) is 0. The molecule has 2 heterocycles. The average molecular weight is 238 g/mol. The van der Waals surface area contributed by atoms with Crippen LogP contribution < -0.4 is 0 Å². The van der Waals surface area contributed by atoms with Gasteiger partial charge in [0.15, 0.2) is 5.69 Å². The van der Waals surface area contributed by atoms with Crippen LogP contribution in [0.1, 0.15) is 21.8 Å². The summed E-state index contributed by atoms with van der Waals surface area (Å²) in [7, 11) is 1.33. The molecule has 0 unspecified atom stereocenters. The Balaban J connectivity index is 2.53. The van der Waals surface area contributed by atoms with Gasteiger partial charge in [-0.25, -0.2) is 9.78 Å². The second-order valence-corrected chi connectivity index (χ2v) is 4.11. The van der Waals surface area contributed by atoms with E-state index in [-0.39, 0.29) is 0 Å². The first-order chi connectivity index (χ1) is 7.63. The van der Waals surface area contributed by atoms with Crippen molar-refractivity contribution in [2.75, 3.05) is 7.11 Å². The zero-order valence-electron chi connectivity index (χ0n) is 9.10. The molecule has 16 heavy (non-hydrogen) atoms. The molecule has 0 aliphatic rings. The van der Waals surface area contributed by atoms with E-state index in [2.05, 4.69) is 14.9 Å². The predicted molar refractivity (Wildman–Crippen MR) is 58.4 cm³/mol. The Morgan fingerprint density at radius 1 is 1.50 bits per heavy atom. The van der Waals surface area contributed by atoms with Crippen molar-refractivity contribution in [3.8, 4) is 10.7 Å². The highest BCUT2D eigenvalue weighted by atomic mass is 32.1. The van der Waals surface area contributed by atoms with E-state index < -0.39 is 5.97 Å². The van der Waals surface area contributed by atoms with Crippen LogP contribution in [0.5, 0.6) is 0 Å². The Morgan fingerprint density at radius 3 is 2.81 bits per heavy atom. The van der Waals surface area contributed by atoms with Gasteiger partial charge in [0.05, 0.1) is 7.11 Å². The first-order valence-electron chi connectivity index (χ1n) is 4.60. The van der Waals surface area contributed by atoms with Crippen molar-refractivity contribution >= 4 is 17.3 Å². The minimum absolute atomic E-state index is 0.344. The number of hydrogen-bond acceptors (Lipinski definition) is 6. The molecule has 0 amide bonds. The fourth-order valence-corrected chi connectivity index (χ4v) is 2.11. The Kier molecular flexibility index (Phi) is 2.74. The molecule has 0 spiro atoms. The first kappa shape index (κ1) is 10.8. The van der Waals surface area contributed by atoms with Crippen LogP contribution in [-0.2, 0) is 4.74 Å². The van der Waals surface area contributed by atoms with E-state index in [0.717, 1.165) is 5.69 Å². The molecule has 6 heteroatoms.